The van der Waals surface area contributed by atoms with Crippen molar-refractivity contribution in [3.05, 3.63) is 53.1 Å². The van der Waals surface area contributed by atoms with E-state index in [2.05, 4.69) is 14.9 Å². The van der Waals surface area contributed by atoms with E-state index in [1.54, 1.807) is 12.1 Å². The van der Waals surface area contributed by atoms with E-state index in [0.29, 0.717) is 30.8 Å². The van der Waals surface area contributed by atoms with E-state index in [0.717, 1.165) is 48.0 Å². The molecule has 1 heterocycles. The number of benzene rings is 2. The molecule has 2 aromatic carbocycles. The molecule has 0 bridgehead atoms. The summed E-state index contributed by atoms with van der Waals surface area (Å²) in [5.74, 6) is 0.733. The lowest BCUT2D eigenvalue weighted by Crippen LogP contribution is -2.34. The molecule has 180 valence electrons. The monoisotopic (exact) mass is 475 g/mol. The Morgan fingerprint density at radius 2 is 1.91 bits per heavy atom. The molecule has 0 aromatic heterocycles. The Kier molecular flexibility index (Phi) is 8.34. The number of anilines is 2. The van der Waals surface area contributed by atoms with E-state index in [1.807, 2.05) is 38.2 Å². The van der Waals surface area contributed by atoms with Gasteiger partial charge in [-0.05, 0) is 69.1 Å². The van der Waals surface area contributed by atoms with Crippen LogP contribution in [0.25, 0.3) is 0 Å². The van der Waals surface area contributed by atoms with Crippen LogP contribution in [0, 0.1) is 6.92 Å². The van der Waals surface area contributed by atoms with Crippen molar-refractivity contribution in [1.29, 1.82) is 0 Å². The Morgan fingerprint density at radius 3 is 2.61 bits per heavy atom. The minimum atomic E-state index is -3.27. The van der Waals surface area contributed by atoms with Crippen LogP contribution in [0.3, 0.4) is 0 Å². The van der Waals surface area contributed by atoms with Crippen molar-refractivity contribution in [2.24, 2.45) is 0 Å². The van der Waals surface area contributed by atoms with Crippen LogP contribution in [-0.2, 0) is 27.7 Å². The van der Waals surface area contributed by atoms with Gasteiger partial charge in [-0.15, -0.1) is 0 Å². The fourth-order valence-electron chi connectivity index (χ4n) is 3.94. The van der Waals surface area contributed by atoms with Crippen molar-refractivity contribution in [3.63, 3.8) is 0 Å². The first kappa shape index (κ1) is 25.0. The maximum absolute atomic E-state index is 11.7. The number of carbonyl (C=O) groups excluding carboxylic acids is 1. The number of carbonyl (C=O) groups is 1. The number of amides is 1. The van der Waals surface area contributed by atoms with Crippen LogP contribution >= 0.6 is 0 Å². The summed E-state index contributed by atoms with van der Waals surface area (Å²) < 4.78 is 30.9. The molecule has 0 spiro atoms. The zero-order chi connectivity index (χ0) is 24.0. The van der Waals surface area contributed by atoms with Gasteiger partial charge in [0, 0.05) is 24.2 Å². The van der Waals surface area contributed by atoms with E-state index in [-0.39, 0.29) is 12.5 Å². The molecule has 1 aliphatic rings. The predicted molar refractivity (Wildman–Crippen MR) is 130 cm³/mol. The summed E-state index contributed by atoms with van der Waals surface area (Å²) >= 11 is 0. The Bertz CT molecular complexity index is 1070. The lowest BCUT2D eigenvalue weighted by molar-refractivity contribution is -0.116. The highest BCUT2D eigenvalue weighted by Crippen LogP contribution is 2.34. The number of hydrogen-bond acceptors (Lipinski definition) is 6. The van der Waals surface area contributed by atoms with Gasteiger partial charge in [-0.2, -0.15) is 0 Å². The number of rotatable bonds is 11. The number of likely N-dealkylation sites (N-methyl/N-ethyl adjacent to an activating group) is 1. The topological polar surface area (TPSA) is 108 Å². The number of nitrogens with one attached hydrogen (secondary N) is 2. The highest BCUT2D eigenvalue weighted by Gasteiger charge is 2.21. The molecule has 0 aliphatic carbocycles. The molecule has 0 radical (unpaired) electrons. The number of ether oxygens (including phenoxy) is 1. The summed E-state index contributed by atoms with van der Waals surface area (Å²) in [4.78, 5) is 13.8. The lowest BCUT2D eigenvalue weighted by atomic mass is 9.98. The minimum absolute atomic E-state index is 0.0194. The van der Waals surface area contributed by atoms with Gasteiger partial charge in [-0.3, -0.25) is 9.52 Å². The zero-order valence-electron chi connectivity index (χ0n) is 19.4. The average molecular weight is 476 g/mol. The number of fused-ring (bicyclic) bond motifs is 1. The van der Waals surface area contributed by atoms with Gasteiger partial charge in [0.1, 0.15) is 18.5 Å². The standard InChI is InChI=1S/C24H33N3O5S/c1-17-6-12-22(21-11-13-23(29)25-24(17)21)32-16-20(28)15-27(2)14-4-5-18-7-9-19(10-8-18)26-33(3,30)31/h6-10,12,20,26,28H,4-5,11,13-16H2,1-3H3,(H,25,29). The first-order chi connectivity index (χ1) is 15.6. The summed E-state index contributed by atoms with van der Waals surface area (Å²) in [7, 11) is -1.30. The van der Waals surface area contributed by atoms with Crippen LogP contribution in [0.5, 0.6) is 5.75 Å². The Hall–Kier alpha value is -2.62. The van der Waals surface area contributed by atoms with Gasteiger partial charge >= 0.3 is 0 Å². The lowest BCUT2D eigenvalue weighted by Gasteiger charge is -2.24. The summed E-state index contributed by atoms with van der Waals surface area (Å²) in [5, 5.41) is 13.3. The van der Waals surface area contributed by atoms with Gasteiger partial charge in [-0.1, -0.05) is 18.2 Å². The van der Waals surface area contributed by atoms with Crippen LogP contribution < -0.4 is 14.8 Å². The number of nitrogens with zero attached hydrogens (tertiary/aromatic N) is 1. The first-order valence-electron chi connectivity index (χ1n) is 11.1. The Labute approximate surface area is 196 Å². The second-order valence-corrected chi connectivity index (χ2v) is 10.4. The highest BCUT2D eigenvalue weighted by atomic mass is 32.2. The largest absolute Gasteiger partial charge is 0.490 e. The van der Waals surface area contributed by atoms with E-state index >= 15 is 0 Å². The van der Waals surface area contributed by atoms with Crippen LogP contribution in [0.15, 0.2) is 36.4 Å². The minimum Gasteiger partial charge on any atom is -0.490 e. The molecule has 0 fully saturated rings. The van der Waals surface area contributed by atoms with Gasteiger partial charge in [-0.25, -0.2) is 8.42 Å². The second-order valence-electron chi connectivity index (χ2n) is 8.68. The van der Waals surface area contributed by atoms with Crippen molar-refractivity contribution in [1.82, 2.24) is 4.90 Å². The molecular weight excluding hydrogens is 442 g/mol. The van der Waals surface area contributed by atoms with E-state index in [1.165, 1.54) is 0 Å². The Morgan fingerprint density at radius 1 is 1.18 bits per heavy atom. The van der Waals surface area contributed by atoms with Gasteiger partial charge in [0.15, 0.2) is 0 Å². The quantitative estimate of drug-likeness (QED) is 0.461. The highest BCUT2D eigenvalue weighted by molar-refractivity contribution is 7.92. The number of aliphatic hydroxyl groups excluding tert-OH is 1. The third kappa shape index (κ3) is 7.73. The molecule has 2 aromatic rings. The normalized spacial score (nSPS) is 14.5. The fraction of sp³-hybridized carbons (Fsp3) is 0.458. The third-order valence-corrected chi connectivity index (χ3v) is 6.17. The number of hydrogen-bond donors (Lipinski definition) is 3. The van der Waals surface area contributed by atoms with Gasteiger partial charge < -0.3 is 20.1 Å². The number of aliphatic hydroxyl groups is 1. The summed E-state index contributed by atoms with van der Waals surface area (Å²) in [6, 6.07) is 11.2. The average Bonchev–Trinajstić information content (AvgIpc) is 2.74. The van der Waals surface area contributed by atoms with Crippen LogP contribution in [0.4, 0.5) is 11.4 Å². The third-order valence-electron chi connectivity index (χ3n) is 5.56. The molecule has 1 aliphatic heterocycles. The first-order valence-corrected chi connectivity index (χ1v) is 13.0. The molecular formula is C24H33N3O5S. The number of sulfonamides is 1. The van der Waals surface area contributed by atoms with Crippen LogP contribution in [-0.4, -0.2) is 63.4 Å². The molecule has 1 unspecified atom stereocenters. The van der Waals surface area contributed by atoms with Crippen LogP contribution in [0.2, 0.25) is 0 Å². The van der Waals surface area contributed by atoms with E-state index in [9.17, 15) is 18.3 Å². The molecule has 1 atom stereocenters. The van der Waals surface area contributed by atoms with Crippen molar-refractivity contribution in [2.75, 3.05) is 43.0 Å². The number of aryl methyl sites for hydroxylation is 2. The second kappa shape index (κ2) is 11.0. The Balaban J connectivity index is 1.41. The zero-order valence-corrected chi connectivity index (χ0v) is 20.2. The summed E-state index contributed by atoms with van der Waals surface area (Å²) in [6.07, 6.45) is 3.34. The fourth-order valence-corrected chi connectivity index (χ4v) is 4.50. The van der Waals surface area contributed by atoms with Crippen molar-refractivity contribution in [3.8, 4) is 5.75 Å². The summed E-state index contributed by atoms with van der Waals surface area (Å²) in [5.41, 5.74) is 4.51. The van der Waals surface area contributed by atoms with Crippen LogP contribution in [0.1, 0.15) is 29.5 Å². The summed E-state index contributed by atoms with van der Waals surface area (Å²) in [6.45, 7) is 3.44. The van der Waals surface area contributed by atoms with Crippen molar-refractivity contribution < 1.29 is 23.1 Å². The van der Waals surface area contributed by atoms with Crippen molar-refractivity contribution >= 4 is 27.3 Å². The predicted octanol–water partition coefficient (Wildman–Crippen LogP) is 2.56. The van der Waals surface area contributed by atoms with Gasteiger partial charge in [0.05, 0.1) is 11.9 Å². The molecule has 1 amide bonds. The SMILES string of the molecule is Cc1ccc(OCC(O)CN(C)CCCc2ccc(NS(C)(=O)=O)cc2)c2c1NC(=O)CC2. The molecule has 3 N–H and O–H groups in total. The smallest absolute Gasteiger partial charge is 0.229 e. The van der Waals surface area contributed by atoms with E-state index in [4.69, 9.17) is 4.74 Å². The van der Waals surface area contributed by atoms with Gasteiger partial charge in [0.2, 0.25) is 15.9 Å². The van der Waals surface area contributed by atoms with E-state index < -0.39 is 16.1 Å². The molecule has 9 heteroatoms. The molecule has 3 rings (SSSR count). The molecule has 33 heavy (non-hydrogen) atoms. The molecule has 8 nitrogen and oxygen atoms in total. The maximum atomic E-state index is 11.7. The molecule has 0 saturated heterocycles. The van der Waals surface area contributed by atoms with Gasteiger partial charge in [0.25, 0.3) is 0 Å². The maximum Gasteiger partial charge on any atom is 0.229 e. The molecule has 0 saturated carbocycles. The van der Waals surface area contributed by atoms with Crippen molar-refractivity contribution in [2.45, 2.75) is 38.7 Å².